The molecule has 2 aromatic heterocycles. The number of carbonyl (C=O) groups excluding carboxylic acids is 1. The monoisotopic (exact) mass is 428 g/mol. The summed E-state index contributed by atoms with van der Waals surface area (Å²) >= 11 is 0. The second-order valence-electron chi connectivity index (χ2n) is 9.02. The normalized spacial score (nSPS) is 17.3. The Labute approximate surface area is 185 Å². The molecule has 32 heavy (non-hydrogen) atoms. The lowest BCUT2D eigenvalue weighted by Crippen LogP contribution is -2.55. The highest BCUT2D eigenvalue weighted by Gasteiger charge is 2.47. The highest BCUT2D eigenvalue weighted by molar-refractivity contribution is 5.94. The Hall–Kier alpha value is -3.70. The van der Waals surface area contributed by atoms with E-state index in [-0.39, 0.29) is 16.9 Å². The lowest BCUT2D eigenvalue weighted by molar-refractivity contribution is 0.0294. The molecule has 2 aliphatic rings. The van der Waals surface area contributed by atoms with E-state index in [4.69, 9.17) is 5.26 Å². The molecule has 0 unspecified atom stereocenters. The number of H-pyrrole nitrogens is 1. The minimum absolute atomic E-state index is 0.0109. The summed E-state index contributed by atoms with van der Waals surface area (Å²) in [5.74, 6) is 0.408. The number of carbonyl (C=O) groups is 1. The van der Waals surface area contributed by atoms with Gasteiger partial charge in [0.1, 0.15) is 0 Å². The molecule has 2 fully saturated rings. The molecule has 2 saturated heterocycles. The van der Waals surface area contributed by atoms with Crippen LogP contribution in [0.4, 0.5) is 0 Å². The zero-order valence-electron chi connectivity index (χ0n) is 18.1. The summed E-state index contributed by atoms with van der Waals surface area (Å²) in [5.41, 5.74) is 3.22. The summed E-state index contributed by atoms with van der Waals surface area (Å²) in [6, 6.07) is 10.7. The molecule has 0 aliphatic carbocycles. The molecule has 0 atom stereocenters. The van der Waals surface area contributed by atoms with Gasteiger partial charge in [-0.3, -0.25) is 14.7 Å². The molecule has 0 radical (unpaired) electrons. The van der Waals surface area contributed by atoms with E-state index in [1.807, 2.05) is 11.8 Å². The highest BCUT2D eigenvalue weighted by Crippen LogP contribution is 2.38. The zero-order valence-corrected chi connectivity index (χ0v) is 18.1. The maximum absolute atomic E-state index is 13.0. The van der Waals surface area contributed by atoms with E-state index in [1.54, 1.807) is 36.5 Å². The summed E-state index contributed by atoms with van der Waals surface area (Å²) in [7, 11) is 2.11. The highest BCUT2D eigenvalue weighted by atomic mass is 16.2. The Bertz CT molecular complexity index is 1290. The van der Waals surface area contributed by atoms with E-state index < -0.39 is 0 Å². The average Bonchev–Trinajstić information content (AvgIpc) is 3.38. The smallest absolute Gasteiger partial charge is 0.280 e. The van der Waals surface area contributed by atoms with Crippen LogP contribution in [0.25, 0.3) is 16.9 Å². The zero-order chi connectivity index (χ0) is 22.5. The molecule has 8 nitrogen and oxygen atoms in total. The number of nitrogens with one attached hydrogen (secondary N) is 1. The van der Waals surface area contributed by atoms with E-state index in [0.717, 1.165) is 43.7 Å². The lowest BCUT2D eigenvalue weighted by Gasteiger charge is -2.46. The SMILES string of the molecule is Cc1cc(C#N)ccc1-c1c[nH]n(-c2ccc(C(=O)N3CCC4(CN(C)C4)C3)cn2)c1=O. The second-order valence-corrected chi connectivity index (χ2v) is 9.02. The Balaban J connectivity index is 1.36. The molecule has 3 aromatic rings. The van der Waals surface area contributed by atoms with Crippen molar-refractivity contribution >= 4 is 5.91 Å². The number of hydrogen-bond acceptors (Lipinski definition) is 5. The summed E-state index contributed by atoms with van der Waals surface area (Å²) in [4.78, 5) is 34.5. The van der Waals surface area contributed by atoms with Crippen molar-refractivity contribution < 1.29 is 4.79 Å². The van der Waals surface area contributed by atoms with Gasteiger partial charge < -0.3 is 9.80 Å². The Morgan fingerprint density at radius 1 is 1.19 bits per heavy atom. The average molecular weight is 428 g/mol. The minimum Gasteiger partial charge on any atom is -0.338 e. The van der Waals surface area contributed by atoms with E-state index in [9.17, 15) is 9.59 Å². The molecule has 2 aliphatic heterocycles. The second kappa shape index (κ2) is 7.46. The van der Waals surface area contributed by atoms with Crippen LogP contribution in [0.2, 0.25) is 0 Å². The molecule has 1 amide bonds. The van der Waals surface area contributed by atoms with Gasteiger partial charge >= 0.3 is 0 Å². The van der Waals surface area contributed by atoms with Gasteiger partial charge in [-0.05, 0) is 55.8 Å². The van der Waals surface area contributed by atoms with Crippen molar-refractivity contribution in [3.63, 3.8) is 0 Å². The molecule has 4 heterocycles. The molecule has 0 bridgehead atoms. The first-order valence-electron chi connectivity index (χ1n) is 10.6. The van der Waals surface area contributed by atoms with Crippen LogP contribution in [0, 0.1) is 23.7 Å². The molecule has 8 heteroatoms. The van der Waals surface area contributed by atoms with Crippen molar-refractivity contribution in [3.8, 4) is 23.0 Å². The minimum atomic E-state index is -0.236. The van der Waals surface area contributed by atoms with Gasteiger partial charge in [-0.15, -0.1) is 0 Å². The van der Waals surface area contributed by atoms with Crippen LogP contribution in [-0.2, 0) is 0 Å². The molecule has 1 spiro atoms. The number of aromatic nitrogens is 3. The number of aryl methyl sites for hydroxylation is 1. The van der Waals surface area contributed by atoms with Gasteiger partial charge in [0.2, 0.25) is 0 Å². The fraction of sp³-hybridized carbons (Fsp3) is 0.333. The largest absolute Gasteiger partial charge is 0.338 e. The standard InChI is InChI=1S/C24H24N6O2/c1-16-9-17(10-25)3-5-19(16)20-12-27-30(23(20)32)21-6-4-18(11-26-21)22(31)29-8-7-24(15-29)13-28(2)14-24/h3-6,9,11-12,27H,7-8,13-15H2,1-2H3. The van der Waals surface area contributed by atoms with Crippen molar-refractivity contribution in [3.05, 3.63) is 69.8 Å². The molecule has 1 aromatic carbocycles. The molecule has 0 saturated carbocycles. The van der Waals surface area contributed by atoms with Gasteiger partial charge in [-0.1, -0.05) is 6.07 Å². The van der Waals surface area contributed by atoms with Gasteiger partial charge in [0.25, 0.3) is 11.5 Å². The van der Waals surface area contributed by atoms with Crippen LogP contribution in [0.5, 0.6) is 0 Å². The first kappa shape index (κ1) is 20.2. The molecule has 1 N–H and O–H groups in total. The molecular formula is C24H24N6O2. The van der Waals surface area contributed by atoms with Crippen LogP contribution in [-0.4, -0.2) is 63.7 Å². The predicted molar refractivity (Wildman–Crippen MR) is 120 cm³/mol. The third-order valence-corrected chi connectivity index (χ3v) is 6.58. The van der Waals surface area contributed by atoms with Crippen molar-refractivity contribution in [2.24, 2.45) is 5.41 Å². The van der Waals surface area contributed by atoms with E-state index in [1.165, 1.54) is 10.9 Å². The van der Waals surface area contributed by atoms with Crippen molar-refractivity contribution in [1.29, 1.82) is 5.26 Å². The number of nitrogens with zero attached hydrogens (tertiary/aromatic N) is 5. The third kappa shape index (κ3) is 3.31. The molecule has 5 rings (SSSR count). The topological polar surface area (TPSA) is 98.0 Å². The number of benzene rings is 1. The Kier molecular flexibility index (Phi) is 4.72. The van der Waals surface area contributed by atoms with Gasteiger partial charge in [-0.2, -0.15) is 5.26 Å². The number of likely N-dealkylation sites (tertiary alicyclic amines) is 2. The van der Waals surface area contributed by atoms with Crippen molar-refractivity contribution in [1.82, 2.24) is 24.6 Å². The van der Waals surface area contributed by atoms with Crippen LogP contribution in [0.15, 0.2) is 47.5 Å². The maximum atomic E-state index is 13.0. The number of aromatic amines is 1. The molecular weight excluding hydrogens is 404 g/mol. The lowest BCUT2D eigenvalue weighted by atomic mass is 9.79. The number of pyridine rings is 1. The number of rotatable bonds is 3. The summed E-state index contributed by atoms with van der Waals surface area (Å²) in [6.07, 6.45) is 4.22. The van der Waals surface area contributed by atoms with Crippen molar-refractivity contribution in [2.75, 3.05) is 33.2 Å². The fourth-order valence-corrected chi connectivity index (χ4v) is 5.06. The maximum Gasteiger partial charge on any atom is 0.280 e. The van der Waals surface area contributed by atoms with Crippen LogP contribution >= 0.6 is 0 Å². The quantitative estimate of drug-likeness (QED) is 0.690. The van der Waals surface area contributed by atoms with Crippen LogP contribution in [0.3, 0.4) is 0 Å². The van der Waals surface area contributed by atoms with E-state index >= 15 is 0 Å². The number of nitriles is 1. The van der Waals surface area contributed by atoms with Gasteiger partial charge in [-0.25, -0.2) is 9.67 Å². The molecule has 162 valence electrons. The fourth-order valence-electron chi connectivity index (χ4n) is 5.06. The first-order chi connectivity index (χ1) is 15.4. The van der Waals surface area contributed by atoms with Crippen LogP contribution in [0.1, 0.15) is 27.9 Å². The third-order valence-electron chi connectivity index (χ3n) is 6.58. The first-order valence-corrected chi connectivity index (χ1v) is 10.6. The predicted octanol–water partition coefficient (Wildman–Crippen LogP) is 2.19. The number of amides is 1. The Morgan fingerprint density at radius 2 is 2.00 bits per heavy atom. The summed E-state index contributed by atoms with van der Waals surface area (Å²) in [5, 5.41) is 12.0. The Morgan fingerprint density at radius 3 is 2.66 bits per heavy atom. The van der Waals surface area contributed by atoms with Crippen LogP contribution < -0.4 is 5.56 Å². The van der Waals surface area contributed by atoms with Gasteiger partial charge in [0, 0.05) is 44.0 Å². The van der Waals surface area contributed by atoms with E-state index in [2.05, 4.69) is 28.1 Å². The van der Waals surface area contributed by atoms with Gasteiger partial charge in [0.05, 0.1) is 22.8 Å². The summed E-state index contributed by atoms with van der Waals surface area (Å²) in [6.45, 7) is 5.53. The number of hydrogen-bond donors (Lipinski definition) is 1. The van der Waals surface area contributed by atoms with Gasteiger partial charge in [0.15, 0.2) is 5.82 Å². The van der Waals surface area contributed by atoms with Crippen molar-refractivity contribution in [2.45, 2.75) is 13.3 Å². The van der Waals surface area contributed by atoms with E-state index in [0.29, 0.717) is 22.5 Å². The summed E-state index contributed by atoms with van der Waals surface area (Å²) < 4.78 is 1.36.